The molecule has 2 aromatic rings. The summed E-state index contributed by atoms with van der Waals surface area (Å²) in [5.74, 6) is -0.0944. The topological polar surface area (TPSA) is 59.2 Å². The molecule has 0 fully saturated rings. The highest BCUT2D eigenvalue weighted by atomic mass is 16.2. The molecule has 0 atom stereocenters. The number of carbonyl (C=O) groups excluding carboxylic acids is 1. The van der Waals surface area contributed by atoms with E-state index in [2.05, 4.69) is 4.98 Å². The van der Waals surface area contributed by atoms with E-state index < -0.39 is 0 Å². The van der Waals surface area contributed by atoms with Crippen LogP contribution < -0.4 is 10.6 Å². The average Bonchev–Trinajstić information content (AvgIpc) is 2.46. The Morgan fingerprint density at radius 1 is 1.16 bits per heavy atom. The third-order valence-electron chi connectivity index (χ3n) is 2.74. The summed E-state index contributed by atoms with van der Waals surface area (Å²) in [7, 11) is 1.73. The molecule has 4 heteroatoms. The van der Waals surface area contributed by atoms with Crippen LogP contribution in [0.5, 0.6) is 0 Å². The van der Waals surface area contributed by atoms with Crippen LogP contribution in [0, 0.1) is 0 Å². The van der Waals surface area contributed by atoms with Crippen molar-refractivity contribution in [1.29, 1.82) is 0 Å². The molecule has 0 radical (unpaired) electrons. The second-order valence-electron chi connectivity index (χ2n) is 4.10. The standard InChI is InChI=1S/C15H15N3O/c1-18(14-8-10-17-11-9-14)15(19)7-4-12-2-5-13(16)6-3-12/h2-11H,16H2,1H3/b7-4+. The van der Waals surface area contributed by atoms with Gasteiger partial charge in [0.1, 0.15) is 0 Å². The maximum absolute atomic E-state index is 12.0. The van der Waals surface area contributed by atoms with Gasteiger partial charge in [0.2, 0.25) is 0 Å². The van der Waals surface area contributed by atoms with Crippen molar-refractivity contribution in [3.63, 3.8) is 0 Å². The van der Waals surface area contributed by atoms with Gasteiger partial charge < -0.3 is 10.6 Å². The molecule has 19 heavy (non-hydrogen) atoms. The number of amides is 1. The summed E-state index contributed by atoms with van der Waals surface area (Å²) in [6, 6.07) is 10.9. The smallest absolute Gasteiger partial charge is 0.250 e. The fraction of sp³-hybridized carbons (Fsp3) is 0.0667. The first-order chi connectivity index (χ1) is 9.16. The summed E-state index contributed by atoms with van der Waals surface area (Å²) in [6.45, 7) is 0. The monoisotopic (exact) mass is 253 g/mol. The van der Waals surface area contributed by atoms with Crippen molar-refractivity contribution in [2.75, 3.05) is 17.7 Å². The highest BCUT2D eigenvalue weighted by Crippen LogP contribution is 2.11. The second kappa shape index (κ2) is 5.82. The molecule has 96 valence electrons. The van der Waals surface area contributed by atoms with E-state index in [9.17, 15) is 4.79 Å². The van der Waals surface area contributed by atoms with Gasteiger partial charge in [-0.2, -0.15) is 0 Å². The number of carbonyl (C=O) groups is 1. The summed E-state index contributed by atoms with van der Waals surface area (Å²) < 4.78 is 0. The summed E-state index contributed by atoms with van der Waals surface area (Å²) in [5, 5.41) is 0. The van der Waals surface area contributed by atoms with Gasteiger partial charge in [0.15, 0.2) is 0 Å². The van der Waals surface area contributed by atoms with Crippen molar-refractivity contribution < 1.29 is 4.79 Å². The molecule has 0 saturated carbocycles. The van der Waals surface area contributed by atoms with Gasteiger partial charge in [-0.05, 0) is 35.9 Å². The maximum Gasteiger partial charge on any atom is 0.250 e. The Bertz CT molecular complexity index is 576. The van der Waals surface area contributed by atoms with Crippen LogP contribution in [0.15, 0.2) is 54.9 Å². The average molecular weight is 253 g/mol. The number of likely N-dealkylation sites (N-methyl/N-ethyl adjacent to an activating group) is 1. The Morgan fingerprint density at radius 2 is 1.79 bits per heavy atom. The minimum absolute atomic E-state index is 0.0944. The normalized spacial score (nSPS) is 10.6. The lowest BCUT2D eigenvalue weighted by molar-refractivity contribution is -0.113. The Hall–Kier alpha value is -2.62. The van der Waals surface area contributed by atoms with E-state index in [1.165, 1.54) is 6.08 Å². The van der Waals surface area contributed by atoms with Gasteiger partial charge in [-0.25, -0.2) is 0 Å². The Morgan fingerprint density at radius 3 is 2.42 bits per heavy atom. The van der Waals surface area contributed by atoms with E-state index in [-0.39, 0.29) is 5.91 Å². The van der Waals surface area contributed by atoms with Crippen molar-refractivity contribution >= 4 is 23.4 Å². The number of hydrogen-bond acceptors (Lipinski definition) is 3. The minimum Gasteiger partial charge on any atom is -0.399 e. The largest absolute Gasteiger partial charge is 0.399 e. The van der Waals surface area contributed by atoms with E-state index in [4.69, 9.17) is 5.73 Å². The van der Waals surface area contributed by atoms with Gasteiger partial charge >= 0.3 is 0 Å². The van der Waals surface area contributed by atoms with Gasteiger partial charge in [-0.15, -0.1) is 0 Å². The first-order valence-corrected chi connectivity index (χ1v) is 5.88. The van der Waals surface area contributed by atoms with Crippen molar-refractivity contribution in [3.05, 3.63) is 60.4 Å². The van der Waals surface area contributed by atoms with Crippen LogP contribution in [0.3, 0.4) is 0 Å². The number of rotatable bonds is 3. The number of anilines is 2. The van der Waals surface area contributed by atoms with Gasteiger partial charge in [-0.1, -0.05) is 12.1 Å². The summed E-state index contributed by atoms with van der Waals surface area (Å²) in [6.07, 6.45) is 6.61. The number of nitrogens with two attached hydrogens (primary N) is 1. The Labute approximate surface area is 112 Å². The fourth-order valence-electron chi connectivity index (χ4n) is 1.58. The van der Waals surface area contributed by atoms with E-state index in [1.54, 1.807) is 54.7 Å². The second-order valence-corrected chi connectivity index (χ2v) is 4.10. The zero-order chi connectivity index (χ0) is 13.7. The van der Waals surface area contributed by atoms with E-state index >= 15 is 0 Å². The molecule has 2 rings (SSSR count). The lowest BCUT2D eigenvalue weighted by Gasteiger charge is -2.14. The van der Waals surface area contributed by atoms with Gasteiger partial charge in [0, 0.05) is 36.9 Å². The molecule has 0 unspecified atom stereocenters. The molecule has 0 aliphatic carbocycles. The minimum atomic E-state index is -0.0944. The lowest BCUT2D eigenvalue weighted by atomic mass is 10.2. The van der Waals surface area contributed by atoms with Crippen LogP contribution in [0.2, 0.25) is 0 Å². The maximum atomic E-state index is 12.0. The van der Waals surface area contributed by atoms with Crippen LogP contribution in [-0.4, -0.2) is 17.9 Å². The first-order valence-electron chi connectivity index (χ1n) is 5.88. The molecule has 0 saturated heterocycles. The van der Waals surface area contributed by atoms with Crippen LogP contribution in [0.1, 0.15) is 5.56 Å². The summed E-state index contributed by atoms with van der Waals surface area (Å²) in [4.78, 5) is 17.5. The number of benzene rings is 1. The Kier molecular flexibility index (Phi) is 3.93. The molecular formula is C15H15N3O. The molecule has 1 amide bonds. The third kappa shape index (κ3) is 3.42. The highest BCUT2D eigenvalue weighted by molar-refractivity contribution is 6.03. The summed E-state index contributed by atoms with van der Waals surface area (Å²) >= 11 is 0. The fourth-order valence-corrected chi connectivity index (χ4v) is 1.58. The number of pyridine rings is 1. The zero-order valence-corrected chi connectivity index (χ0v) is 10.7. The molecule has 0 spiro atoms. The van der Waals surface area contributed by atoms with Crippen LogP contribution in [0.4, 0.5) is 11.4 Å². The van der Waals surface area contributed by atoms with Crippen molar-refractivity contribution in [1.82, 2.24) is 4.98 Å². The molecular weight excluding hydrogens is 238 g/mol. The predicted molar refractivity (Wildman–Crippen MR) is 77.5 cm³/mol. The molecule has 0 aliphatic heterocycles. The molecule has 1 aromatic heterocycles. The first kappa shape index (κ1) is 12.8. The van der Waals surface area contributed by atoms with E-state index in [0.29, 0.717) is 5.69 Å². The summed E-state index contributed by atoms with van der Waals surface area (Å²) in [5.41, 5.74) is 8.05. The highest BCUT2D eigenvalue weighted by Gasteiger charge is 2.06. The number of aromatic nitrogens is 1. The van der Waals surface area contributed by atoms with Crippen LogP contribution in [-0.2, 0) is 4.79 Å². The molecule has 0 aliphatic rings. The van der Waals surface area contributed by atoms with Gasteiger partial charge in [0.05, 0.1) is 0 Å². The lowest BCUT2D eigenvalue weighted by Crippen LogP contribution is -2.23. The van der Waals surface area contributed by atoms with Gasteiger partial charge in [0.25, 0.3) is 5.91 Å². The molecule has 1 heterocycles. The van der Waals surface area contributed by atoms with Crippen LogP contribution >= 0.6 is 0 Å². The Balaban J connectivity index is 2.07. The SMILES string of the molecule is CN(C(=O)/C=C/c1ccc(N)cc1)c1ccncc1. The van der Waals surface area contributed by atoms with E-state index in [1.807, 2.05) is 12.1 Å². The zero-order valence-electron chi connectivity index (χ0n) is 10.7. The molecule has 0 bridgehead atoms. The van der Waals surface area contributed by atoms with Crippen molar-refractivity contribution in [2.24, 2.45) is 0 Å². The third-order valence-corrected chi connectivity index (χ3v) is 2.74. The number of nitrogen functional groups attached to an aromatic ring is 1. The molecule has 1 aromatic carbocycles. The number of hydrogen-bond donors (Lipinski definition) is 1. The number of nitrogens with zero attached hydrogens (tertiary/aromatic N) is 2. The van der Waals surface area contributed by atoms with Gasteiger partial charge in [-0.3, -0.25) is 9.78 Å². The molecule has 2 N–H and O–H groups in total. The van der Waals surface area contributed by atoms with Crippen molar-refractivity contribution in [3.8, 4) is 0 Å². The van der Waals surface area contributed by atoms with E-state index in [0.717, 1.165) is 11.3 Å². The quantitative estimate of drug-likeness (QED) is 0.674. The predicted octanol–water partition coefficient (Wildman–Crippen LogP) is 2.34. The van der Waals surface area contributed by atoms with Crippen molar-refractivity contribution in [2.45, 2.75) is 0 Å². The molecule has 4 nitrogen and oxygen atoms in total. The van der Waals surface area contributed by atoms with Crippen LogP contribution in [0.25, 0.3) is 6.08 Å².